The van der Waals surface area contributed by atoms with Gasteiger partial charge in [-0.1, -0.05) is 30.3 Å². The van der Waals surface area contributed by atoms with E-state index in [0.717, 1.165) is 24.3 Å². The Morgan fingerprint density at radius 3 is 2.24 bits per heavy atom. The van der Waals surface area contributed by atoms with Gasteiger partial charge in [-0.15, -0.1) is 0 Å². The number of carbonyl (C=O) groups excluding carboxylic acids is 2. The molecule has 2 aromatic carbocycles. The summed E-state index contributed by atoms with van der Waals surface area (Å²) in [6.07, 6.45) is 4.41. The zero-order chi connectivity index (χ0) is 20.2. The Hall–Kier alpha value is -2.82. The molecule has 0 spiro atoms. The van der Waals surface area contributed by atoms with Gasteiger partial charge in [0.2, 0.25) is 11.8 Å². The number of hydrogen-bond donors (Lipinski definition) is 2. The van der Waals surface area contributed by atoms with Gasteiger partial charge < -0.3 is 15.5 Å². The molecular weight excluding hydrogens is 362 g/mol. The molecule has 3 atom stereocenters. The average Bonchev–Trinajstić information content (AvgIpc) is 3.57. The lowest BCUT2D eigenvalue weighted by Gasteiger charge is -2.28. The predicted molar refractivity (Wildman–Crippen MR) is 116 cm³/mol. The molecular formula is C24H29N3O2. The SMILES string of the molecule is CC(NC(=O)C1CC1C(=O)Nc1ccc(N2CCCCC2)cc1)c1ccccc1. The molecule has 152 valence electrons. The number of hydrogen-bond acceptors (Lipinski definition) is 3. The second-order valence-electron chi connectivity index (χ2n) is 8.17. The van der Waals surface area contributed by atoms with E-state index in [-0.39, 0.29) is 29.7 Å². The molecule has 2 N–H and O–H groups in total. The lowest BCUT2D eigenvalue weighted by atomic mass is 10.1. The third kappa shape index (κ3) is 4.78. The number of carbonyl (C=O) groups is 2. The number of nitrogens with zero attached hydrogens (tertiary/aromatic N) is 1. The molecule has 29 heavy (non-hydrogen) atoms. The Labute approximate surface area is 172 Å². The van der Waals surface area contributed by atoms with E-state index in [0.29, 0.717) is 6.42 Å². The molecule has 1 saturated carbocycles. The van der Waals surface area contributed by atoms with E-state index in [1.165, 1.54) is 24.9 Å². The van der Waals surface area contributed by atoms with Gasteiger partial charge in [0.1, 0.15) is 0 Å². The van der Waals surface area contributed by atoms with Crippen LogP contribution in [0.25, 0.3) is 0 Å². The van der Waals surface area contributed by atoms with Crippen LogP contribution in [0, 0.1) is 11.8 Å². The van der Waals surface area contributed by atoms with Crippen molar-refractivity contribution in [2.45, 2.75) is 38.6 Å². The van der Waals surface area contributed by atoms with E-state index in [1.54, 1.807) is 0 Å². The topological polar surface area (TPSA) is 61.4 Å². The summed E-state index contributed by atoms with van der Waals surface area (Å²) in [4.78, 5) is 27.4. The quantitative estimate of drug-likeness (QED) is 0.778. The normalized spacial score (nSPS) is 21.9. The minimum absolute atomic E-state index is 0.0399. The molecule has 0 aromatic heterocycles. The van der Waals surface area contributed by atoms with Gasteiger partial charge in [-0.3, -0.25) is 9.59 Å². The van der Waals surface area contributed by atoms with E-state index >= 15 is 0 Å². The summed E-state index contributed by atoms with van der Waals surface area (Å²) >= 11 is 0. The monoisotopic (exact) mass is 391 g/mol. The number of benzene rings is 2. The van der Waals surface area contributed by atoms with Gasteiger partial charge in [-0.05, 0) is 62.4 Å². The molecule has 1 heterocycles. The van der Waals surface area contributed by atoms with E-state index in [1.807, 2.05) is 49.4 Å². The van der Waals surface area contributed by atoms with E-state index in [2.05, 4.69) is 27.7 Å². The highest BCUT2D eigenvalue weighted by atomic mass is 16.2. The smallest absolute Gasteiger partial charge is 0.228 e. The summed E-state index contributed by atoms with van der Waals surface area (Å²) in [6, 6.07) is 17.9. The Balaban J connectivity index is 1.27. The Kier molecular flexibility index (Phi) is 5.84. The summed E-state index contributed by atoms with van der Waals surface area (Å²) in [6.45, 7) is 4.17. The first-order valence-electron chi connectivity index (χ1n) is 10.6. The van der Waals surface area contributed by atoms with Gasteiger partial charge in [-0.25, -0.2) is 0 Å². The third-order valence-corrected chi connectivity index (χ3v) is 5.98. The van der Waals surface area contributed by atoms with Crippen LogP contribution in [-0.2, 0) is 9.59 Å². The van der Waals surface area contributed by atoms with Crippen molar-refractivity contribution in [2.24, 2.45) is 11.8 Å². The van der Waals surface area contributed by atoms with Gasteiger partial charge in [0.15, 0.2) is 0 Å². The molecule has 2 aliphatic rings. The van der Waals surface area contributed by atoms with Crippen LogP contribution < -0.4 is 15.5 Å². The molecule has 5 heteroatoms. The van der Waals surface area contributed by atoms with E-state index in [9.17, 15) is 9.59 Å². The van der Waals surface area contributed by atoms with Crippen molar-refractivity contribution in [3.05, 3.63) is 60.2 Å². The first-order valence-corrected chi connectivity index (χ1v) is 10.6. The first-order chi connectivity index (χ1) is 14.1. The number of nitrogens with one attached hydrogen (secondary N) is 2. The van der Waals surface area contributed by atoms with Crippen LogP contribution in [0.3, 0.4) is 0 Å². The molecule has 3 unspecified atom stereocenters. The lowest BCUT2D eigenvalue weighted by Crippen LogP contribution is -2.30. The van der Waals surface area contributed by atoms with Crippen LogP contribution in [0.1, 0.15) is 44.2 Å². The van der Waals surface area contributed by atoms with Crippen LogP contribution in [-0.4, -0.2) is 24.9 Å². The van der Waals surface area contributed by atoms with Crippen molar-refractivity contribution < 1.29 is 9.59 Å². The van der Waals surface area contributed by atoms with Crippen molar-refractivity contribution in [2.75, 3.05) is 23.3 Å². The Morgan fingerprint density at radius 1 is 0.897 bits per heavy atom. The van der Waals surface area contributed by atoms with Crippen molar-refractivity contribution >= 4 is 23.2 Å². The van der Waals surface area contributed by atoms with Gasteiger partial charge in [0.25, 0.3) is 0 Å². The maximum atomic E-state index is 12.5. The maximum Gasteiger partial charge on any atom is 0.228 e. The highest BCUT2D eigenvalue weighted by molar-refractivity contribution is 5.99. The second-order valence-corrected chi connectivity index (χ2v) is 8.17. The summed E-state index contributed by atoms with van der Waals surface area (Å²) < 4.78 is 0. The molecule has 5 nitrogen and oxygen atoms in total. The molecule has 1 aliphatic heterocycles. The fraction of sp³-hybridized carbons (Fsp3) is 0.417. The Bertz CT molecular complexity index is 844. The highest BCUT2D eigenvalue weighted by Crippen LogP contribution is 2.40. The van der Waals surface area contributed by atoms with Crippen molar-refractivity contribution in [1.82, 2.24) is 5.32 Å². The van der Waals surface area contributed by atoms with Crippen molar-refractivity contribution in [1.29, 1.82) is 0 Å². The second kappa shape index (κ2) is 8.68. The zero-order valence-electron chi connectivity index (χ0n) is 16.9. The summed E-state index contributed by atoms with van der Waals surface area (Å²) in [7, 11) is 0. The van der Waals surface area contributed by atoms with E-state index in [4.69, 9.17) is 0 Å². The number of piperidine rings is 1. The van der Waals surface area contributed by atoms with Crippen LogP contribution >= 0.6 is 0 Å². The fourth-order valence-corrected chi connectivity index (χ4v) is 4.06. The summed E-state index contributed by atoms with van der Waals surface area (Å²) in [5.74, 6) is -0.571. The molecule has 4 rings (SSSR count). The maximum absolute atomic E-state index is 12.5. The van der Waals surface area contributed by atoms with Crippen molar-refractivity contribution in [3.8, 4) is 0 Å². The largest absolute Gasteiger partial charge is 0.372 e. The van der Waals surface area contributed by atoms with Gasteiger partial charge in [0, 0.05) is 24.5 Å². The van der Waals surface area contributed by atoms with Gasteiger partial charge in [0.05, 0.1) is 17.9 Å². The highest BCUT2D eigenvalue weighted by Gasteiger charge is 2.48. The van der Waals surface area contributed by atoms with Crippen LogP contribution in [0.2, 0.25) is 0 Å². The van der Waals surface area contributed by atoms with Gasteiger partial charge in [-0.2, -0.15) is 0 Å². The minimum atomic E-state index is -0.236. The number of rotatable bonds is 6. The molecule has 1 aliphatic carbocycles. The standard InChI is InChI=1S/C24H29N3O2/c1-17(18-8-4-2-5-9-18)25-23(28)21-16-22(21)24(29)26-19-10-12-20(13-11-19)27-14-6-3-7-15-27/h2,4-5,8-13,17,21-22H,3,6-7,14-16H2,1H3,(H,25,28)(H,26,29). The molecule has 0 bridgehead atoms. The van der Waals surface area contributed by atoms with Crippen LogP contribution in [0.15, 0.2) is 54.6 Å². The van der Waals surface area contributed by atoms with Crippen molar-refractivity contribution in [3.63, 3.8) is 0 Å². The molecule has 1 saturated heterocycles. The lowest BCUT2D eigenvalue weighted by molar-refractivity contribution is -0.125. The molecule has 2 fully saturated rings. The van der Waals surface area contributed by atoms with Crippen LogP contribution in [0.5, 0.6) is 0 Å². The molecule has 2 amide bonds. The molecule has 2 aromatic rings. The minimum Gasteiger partial charge on any atom is -0.372 e. The Morgan fingerprint density at radius 2 is 1.55 bits per heavy atom. The number of amides is 2. The summed E-state index contributed by atoms with van der Waals surface area (Å²) in [5.41, 5.74) is 3.07. The predicted octanol–water partition coefficient (Wildman–Crippen LogP) is 4.13. The average molecular weight is 392 g/mol. The first kappa shape index (κ1) is 19.5. The van der Waals surface area contributed by atoms with Crippen LogP contribution in [0.4, 0.5) is 11.4 Å². The zero-order valence-corrected chi connectivity index (χ0v) is 16.9. The fourth-order valence-electron chi connectivity index (χ4n) is 4.06. The third-order valence-electron chi connectivity index (χ3n) is 5.98. The van der Waals surface area contributed by atoms with E-state index < -0.39 is 0 Å². The summed E-state index contributed by atoms with van der Waals surface area (Å²) in [5, 5.41) is 5.99. The molecule has 0 radical (unpaired) electrons. The van der Waals surface area contributed by atoms with Gasteiger partial charge >= 0.3 is 0 Å². The number of anilines is 2.